The molecule has 15 heavy (non-hydrogen) atoms. The number of carbonyl (C=O) groups excluding carboxylic acids is 1. The van der Waals surface area contributed by atoms with Crippen LogP contribution in [0.15, 0.2) is 0 Å². The Kier molecular flexibility index (Phi) is 2.84. The highest BCUT2D eigenvalue weighted by atomic mass is 79.9. The van der Waals surface area contributed by atoms with E-state index in [0.29, 0.717) is 24.9 Å². The number of aliphatic hydroxyl groups is 1. The first-order valence-corrected chi connectivity index (χ1v) is 6.51. The summed E-state index contributed by atoms with van der Waals surface area (Å²) in [4.78, 5) is 13.5. The van der Waals surface area contributed by atoms with Crippen molar-refractivity contribution in [2.24, 2.45) is 11.8 Å². The Morgan fingerprint density at radius 2 is 2.00 bits per heavy atom. The van der Waals surface area contributed by atoms with Gasteiger partial charge in [0.2, 0.25) is 5.91 Å². The van der Waals surface area contributed by atoms with E-state index in [9.17, 15) is 9.90 Å². The molecule has 1 aliphatic heterocycles. The van der Waals surface area contributed by atoms with Gasteiger partial charge in [-0.15, -0.1) is 0 Å². The van der Waals surface area contributed by atoms with Gasteiger partial charge in [0.05, 0.1) is 17.9 Å². The largest absolute Gasteiger partial charge is 0.386 e. The zero-order valence-electron chi connectivity index (χ0n) is 9.24. The minimum atomic E-state index is -0.556. The predicted octanol–water partition coefficient (Wildman–Crippen LogP) is 1.39. The van der Waals surface area contributed by atoms with E-state index in [1.165, 1.54) is 0 Å². The first kappa shape index (κ1) is 11.4. The van der Waals surface area contributed by atoms with Gasteiger partial charge in [0, 0.05) is 0 Å². The maximum Gasteiger partial charge on any atom is 0.236 e. The highest BCUT2D eigenvalue weighted by molar-refractivity contribution is 9.10. The summed E-state index contributed by atoms with van der Waals surface area (Å²) in [6.45, 7) is 5.10. The van der Waals surface area contributed by atoms with E-state index in [4.69, 9.17) is 0 Å². The normalized spacial score (nSPS) is 26.3. The Bertz CT molecular complexity index is 270. The molecule has 0 spiro atoms. The van der Waals surface area contributed by atoms with Gasteiger partial charge in [-0.05, 0) is 24.7 Å². The van der Waals surface area contributed by atoms with E-state index in [2.05, 4.69) is 15.9 Å². The van der Waals surface area contributed by atoms with Gasteiger partial charge in [0.1, 0.15) is 5.60 Å². The predicted molar refractivity (Wildman–Crippen MR) is 61.8 cm³/mol. The minimum absolute atomic E-state index is 0.110. The van der Waals surface area contributed by atoms with Crippen molar-refractivity contribution in [3.8, 4) is 0 Å². The monoisotopic (exact) mass is 275 g/mol. The van der Waals surface area contributed by atoms with Crippen molar-refractivity contribution in [1.29, 1.82) is 0 Å². The molecule has 1 saturated heterocycles. The van der Waals surface area contributed by atoms with E-state index in [-0.39, 0.29) is 10.7 Å². The van der Waals surface area contributed by atoms with Gasteiger partial charge in [-0.3, -0.25) is 4.79 Å². The van der Waals surface area contributed by atoms with E-state index in [0.717, 1.165) is 12.8 Å². The Morgan fingerprint density at radius 3 is 2.40 bits per heavy atom. The molecule has 2 rings (SSSR count). The van der Waals surface area contributed by atoms with Gasteiger partial charge in [-0.1, -0.05) is 29.8 Å². The Balaban J connectivity index is 1.85. The van der Waals surface area contributed by atoms with Crippen LogP contribution < -0.4 is 0 Å². The molecule has 86 valence electrons. The lowest BCUT2D eigenvalue weighted by atomic mass is 9.88. The maximum absolute atomic E-state index is 11.9. The average molecular weight is 276 g/mol. The van der Waals surface area contributed by atoms with Crippen molar-refractivity contribution in [2.45, 2.75) is 37.1 Å². The summed E-state index contributed by atoms with van der Waals surface area (Å²) in [7, 11) is 0. The molecule has 2 fully saturated rings. The smallest absolute Gasteiger partial charge is 0.236 e. The summed E-state index contributed by atoms with van der Waals surface area (Å²) in [5.74, 6) is 0.872. The molecule has 0 aromatic rings. The molecule has 1 saturated carbocycles. The van der Waals surface area contributed by atoms with Crippen molar-refractivity contribution in [3.63, 3.8) is 0 Å². The number of carbonyl (C=O) groups is 1. The lowest BCUT2D eigenvalue weighted by molar-refractivity contribution is -0.159. The Morgan fingerprint density at radius 1 is 1.47 bits per heavy atom. The highest BCUT2D eigenvalue weighted by Gasteiger charge is 2.53. The first-order valence-electron chi connectivity index (χ1n) is 5.59. The van der Waals surface area contributed by atoms with Crippen LogP contribution in [0.2, 0.25) is 0 Å². The van der Waals surface area contributed by atoms with Crippen LogP contribution in [-0.2, 0) is 4.79 Å². The topological polar surface area (TPSA) is 40.5 Å². The lowest BCUT2D eigenvalue weighted by Gasteiger charge is -2.47. The second-order valence-corrected chi connectivity index (χ2v) is 6.20. The lowest BCUT2D eigenvalue weighted by Crippen LogP contribution is -2.66. The second kappa shape index (κ2) is 3.74. The van der Waals surface area contributed by atoms with E-state index in [1.807, 2.05) is 13.8 Å². The number of likely N-dealkylation sites (tertiary alicyclic amines) is 1. The number of alkyl halides is 1. The van der Waals surface area contributed by atoms with Gasteiger partial charge < -0.3 is 10.0 Å². The average Bonchev–Trinajstić information content (AvgIpc) is 2.93. The van der Waals surface area contributed by atoms with Crippen molar-refractivity contribution in [2.75, 3.05) is 13.1 Å². The van der Waals surface area contributed by atoms with Gasteiger partial charge in [-0.2, -0.15) is 0 Å². The zero-order valence-corrected chi connectivity index (χ0v) is 10.8. The van der Waals surface area contributed by atoms with Gasteiger partial charge in [0.15, 0.2) is 0 Å². The third-order valence-corrected chi connectivity index (χ3v) is 4.85. The minimum Gasteiger partial charge on any atom is -0.386 e. The van der Waals surface area contributed by atoms with Crippen LogP contribution in [0.25, 0.3) is 0 Å². The molecule has 1 N–H and O–H groups in total. The van der Waals surface area contributed by atoms with Crippen LogP contribution >= 0.6 is 15.9 Å². The number of hydrogen-bond donors (Lipinski definition) is 1. The molecule has 0 radical (unpaired) electrons. The standard InChI is InChI=1S/C11H18BrNO2/c1-7(2)9(12)10(14)13-5-11(15,6-13)8-3-4-8/h7-9,15H,3-6H2,1-2H3. The maximum atomic E-state index is 11.9. The van der Waals surface area contributed by atoms with Crippen LogP contribution in [0.5, 0.6) is 0 Å². The molecule has 2 aliphatic rings. The molecule has 3 nitrogen and oxygen atoms in total. The third-order valence-electron chi connectivity index (χ3n) is 3.40. The van der Waals surface area contributed by atoms with Crippen LogP contribution in [0.1, 0.15) is 26.7 Å². The fourth-order valence-corrected chi connectivity index (χ4v) is 2.40. The van der Waals surface area contributed by atoms with Crippen LogP contribution in [0, 0.1) is 11.8 Å². The fourth-order valence-electron chi connectivity index (χ4n) is 2.11. The summed E-state index contributed by atoms with van der Waals surface area (Å²) < 4.78 is 0. The van der Waals surface area contributed by atoms with Gasteiger partial charge >= 0.3 is 0 Å². The SMILES string of the molecule is CC(C)C(Br)C(=O)N1CC(O)(C2CC2)C1. The Hall–Kier alpha value is -0.0900. The Labute approximate surface area is 99.0 Å². The molecule has 1 aliphatic carbocycles. The molecular weight excluding hydrogens is 258 g/mol. The van der Waals surface area contributed by atoms with Crippen LogP contribution in [0.4, 0.5) is 0 Å². The third kappa shape index (κ3) is 2.07. The number of β-amino-alcohol motifs (C(OH)–C–C–N with tert-alkyl or cyclic N) is 1. The number of nitrogens with zero attached hydrogens (tertiary/aromatic N) is 1. The summed E-state index contributed by atoms with van der Waals surface area (Å²) in [5.41, 5.74) is -0.556. The van der Waals surface area contributed by atoms with Crippen LogP contribution in [-0.4, -0.2) is 39.4 Å². The molecule has 1 amide bonds. The quantitative estimate of drug-likeness (QED) is 0.791. The highest BCUT2D eigenvalue weighted by Crippen LogP contribution is 2.44. The van der Waals surface area contributed by atoms with Gasteiger partial charge in [-0.25, -0.2) is 0 Å². The summed E-state index contributed by atoms with van der Waals surface area (Å²) in [6, 6.07) is 0. The molecule has 1 atom stereocenters. The van der Waals surface area contributed by atoms with E-state index in [1.54, 1.807) is 4.90 Å². The van der Waals surface area contributed by atoms with E-state index >= 15 is 0 Å². The molecule has 0 aromatic carbocycles. The second-order valence-electron chi connectivity index (χ2n) is 5.22. The molecule has 0 aromatic heterocycles. The molecule has 1 unspecified atom stereocenters. The number of amides is 1. The first-order chi connectivity index (χ1) is 6.94. The van der Waals surface area contributed by atoms with Crippen molar-refractivity contribution in [3.05, 3.63) is 0 Å². The van der Waals surface area contributed by atoms with Gasteiger partial charge in [0.25, 0.3) is 0 Å². The van der Waals surface area contributed by atoms with E-state index < -0.39 is 5.60 Å². The van der Waals surface area contributed by atoms with Crippen molar-refractivity contribution in [1.82, 2.24) is 4.90 Å². The molecule has 0 bridgehead atoms. The molecule has 4 heteroatoms. The number of halogens is 1. The summed E-state index contributed by atoms with van der Waals surface area (Å²) in [5, 5.41) is 10.1. The number of rotatable bonds is 3. The van der Waals surface area contributed by atoms with Crippen molar-refractivity contribution < 1.29 is 9.90 Å². The number of hydrogen-bond acceptors (Lipinski definition) is 2. The van der Waals surface area contributed by atoms with Crippen molar-refractivity contribution >= 4 is 21.8 Å². The van der Waals surface area contributed by atoms with Crippen LogP contribution in [0.3, 0.4) is 0 Å². The zero-order chi connectivity index (χ0) is 11.2. The molecular formula is C11H18BrNO2. The fraction of sp³-hybridized carbons (Fsp3) is 0.909. The summed E-state index contributed by atoms with van der Waals surface area (Å²) in [6.07, 6.45) is 2.25. The molecule has 1 heterocycles. The summed E-state index contributed by atoms with van der Waals surface area (Å²) >= 11 is 3.40.